The van der Waals surface area contributed by atoms with Crippen molar-refractivity contribution in [2.45, 2.75) is 33.2 Å². The van der Waals surface area contributed by atoms with E-state index in [1.165, 1.54) is 14.0 Å². The highest BCUT2D eigenvalue weighted by Crippen LogP contribution is 2.28. The molecule has 0 saturated carbocycles. The summed E-state index contributed by atoms with van der Waals surface area (Å²) < 4.78 is 5.16. The van der Waals surface area contributed by atoms with Crippen molar-refractivity contribution in [2.24, 2.45) is 11.7 Å². The van der Waals surface area contributed by atoms with Crippen LogP contribution in [0.25, 0.3) is 0 Å². The van der Waals surface area contributed by atoms with Crippen LogP contribution in [0, 0.1) is 5.92 Å². The van der Waals surface area contributed by atoms with Crippen LogP contribution in [0.2, 0.25) is 0 Å². The van der Waals surface area contributed by atoms with Crippen molar-refractivity contribution in [1.29, 1.82) is 0 Å². The van der Waals surface area contributed by atoms with E-state index in [2.05, 4.69) is 10.6 Å². The first-order valence-electron chi connectivity index (χ1n) is 6.91. The van der Waals surface area contributed by atoms with E-state index in [1.54, 1.807) is 18.2 Å². The Kier molecular flexibility index (Phi) is 8.52. The van der Waals surface area contributed by atoms with Crippen molar-refractivity contribution in [2.75, 3.05) is 17.7 Å². The summed E-state index contributed by atoms with van der Waals surface area (Å²) in [5, 5.41) is 5.41. The van der Waals surface area contributed by atoms with Gasteiger partial charge >= 0.3 is 0 Å². The molecule has 2 atom stereocenters. The fourth-order valence-corrected chi connectivity index (χ4v) is 1.81. The highest BCUT2D eigenvalue weighted by molar-refractivity contribution is 5.97. The largest absolute Gasteiger partial charge is 0.495 e. The number of nitrogens with one attached hydrogen (secondary N) is 2. The van der Waals surface area contributed by atoms with Gasteiger partial charge in [0, 0.05) is 12.6 Å². The van der Waals surface area contributed by atoms with Gasteiger partial charge < -0.3 is 21.1 Å². The van der Waals surface area contributed by atoms with Crippen LogP contribution in [0.5, 0.6) is 5.75 Å². The molecule has 6 nitrogen and oxygen atoms in total. The van der Waals surface area contributed by atoms with Gasteiger partial charge in [-0.1, -0.05) is 20.3 Å². The molecular formula is C15H24ClN3O3. The third-order valence-corrected chi connectivity index (χ3v) is 3.34. The molecule has 1 aromatic rings. The van der Waals surface area contributed by atoms with Crippen LogP contribution in [0.15, 0.2) is 18.2 Å². The first-order valence-corrected chi connectivity index (χ1v) is 6.91. The number of amides is 2. The van der Waals surface area contributed by atoms with Crippen LogP contribution < -0.4 is 21.1 Å². The van der Waals surface area contributed by atoms with Gasteiger partial charge in [-0.05, 0) is 24.1 Å². The van der Waals surface area contributed by atoms with Crippen molar-refractivity contribution in [3.63, 3.8) is 0 Å². The van der Waals surface area contributed by atoms with Crippen molar-refractivity contribution in [3.05, 3.63) is 18.2 Å². The maximum absolute atomic E-state index is 12.0. The first-order chi connectivity index (χ1) is 9.88. The van der Waals surface area contributed by atoms with Gasteiger partial charge in [-0.25, -0.2) is 0 Å². The average molecular weight is 330 g/mol. The Bertz CT molecular complexity index is 523. The molecule has 0 aromatic heterocycles. The number of ether oxygens (including phenoxy) is 1. The lowest BCUT2D eigenvalue weighted by Gasteiger charge is -2.18. The summed E-state index contributed by atoms with van der Waals surface area (Å²) in [6.45, 7) is 5.32. The number of hydrogen-bond acceptors (Lipinski definition) is 4. The SMILES string of the molecule is CCC(C)C(N)C(=O)Nc1ccc(OC)c(NC(C)=O)c1.Cl. The van der Waals surface area contributed by atoms with E-state index >= 15 is 0 Å². The second kappa shape index (κ2) is 9.27. The van der Waals surface area contributed by atoms with Crippen LogP contribution in [0.3, 0.4) is 0 Å². The van der Waals surface area contributed by atoms with Gasteiger partial charge in [-0.15, -0.1) is 12.4 Å². The van der Waals surface area contributed by atoms with E-state index in [1.807, 2.05) is 13.8 Å². The summed E-state index contributed by atoms with van der Waals surface area (Å²) in [6, 6.07) is 4.45. The molecule has 0 aliphatic heterocycles. The number of carbonyl (C=O) groups is 2. The normalized spacial score (nSPS) is 12.6. The van der Waals surface area contributed by atoms with E-state index in [4.69, 9.17) is 10.5 Å². The molecule has 7 heteroatoms. The summed E-state index contributed by atoms with van der Waals surface area (Å²) in [4.78, 5) is 23.2. The minimum atomic E-state index is -0.568. The van der Waals surface area contributed by atoms with Gasteiger partial charge in [0.1, 0.15) is 5.75 Å². The second-order valence-electron chi connectivity index (χ2n) is 5.00. The van der Waals surface area contributed by atoms with Crippen LogP contribution >= 0.6 is 12.4 Å². The lowest BCUT2D eigenvalue weighted by atomic mass is 9.99. The molecule has 22 heavy (non-hydrogen) atoms. The summed E-state index contributed by atoms with van der Waals surface area (Å²) >= 11 is 0. The molecule has 4 N–H and O–H groups in total. The number of methoxy groups -OCH3 is 1. The Balaban J connectivity index is 0.00000441. The van der Waals surface area contributed by atoms with Gasteiger partial charge in [-0.3, -0.25) is 9.59 Å². The van der Waals surface area contributed by atoms with E-state index in [0.29, 0.717) is 17.1 Å². The first kappa shape index (κ1) is 20.2. The second-order valence-corrected chi connectivity index (χ2v) is 5.00. The monoisotopic (exact) mass is 329 g/mol. The molecule has 1 aromatic carbocycles. The van der Waals surface area contributed by atoms with Gasteiger partial charge in [0.15, 0.2) is 0 Å². The third kappa shape index (κ3) is 5.54. The van der Waals surface area contributed by atoms with E-state index in [-0.39, 0.29) is 30.1 Å². The molecule has 0 spiro atoms. The molecule has 0 saturated heterocycles. The Labute approximate surface area is 137 Å². The lowest BCUT2D eigenvalue weighted by Crippen LogP contribution is -2.40. The molecule has 0 radical (unpaired) electrons. The fourth-order valence-electron chi connectivity index (χ4n) is 1.81. The van der Waals surface area contributed by atoms with Gasteiger partial charge in [0.2, 0.25) is 11.8 Å². The van der Waals surface area contributed by atoms with Crippen molar-refractivity contribution < 1.29 is 14.3 Å². The van der Waals surface area contributed by atoms with E-state index in [9.17, 15) is 9.59 Å². The number of hydrogen-bond donors (Lipinski definition) is 3. The number of anilines is 2. The molecule has 0 bridgehead atoms. The zero-order chi connectivity index (χ0) is 16.0. The minimum Gasteiger partial charge on any atom is -0.495 e. The average Bonchev–Trinajstić information content (AvgIpc) is 2.45. The van der Waals surface area contributed by atoms with Crippen LogP contribution in [0.1, 0.15) is 27.2 Å². The quantitative estimate of drug-likeness (QED) is 0.747. The van der Waals surface area contributed by atoms with Gasteiger partial charge in [0.25, 0.3) is 0 Å². The Morgan fingerprint density at radius 1 is 1.32 bits per heavy atom. The van der Waals surface area contributed by atoms with Gasteiger partial charge in [-0.2, -0.15) is 0 Å². The van der Waals surface area contributed by atoms with Crippen molar-refractivity contribution in [3.8, 4) is 5.75 Å². The summed E-state index contributed by atoms with van der Waals surface area (Å²) in [6.07, 6.45) is 0.828. The fraction of sp³-hybridized carbons (Fsp3) is 0.467. The number of carbonyl (C=O) groups excluding carboxylic acids is 2. The smallest absolute Gasteiger partial charge is 0.241 e. The highest BCUT2D eigenvalue weighted by atomic mass is 35.5. The van der Waals surface area contributed by atoms with Crippen LogP contribution in [-0.2, 0) is 9.59 Å². The molecule has 0 fully saturated rings. The maximum Gasteiger partial charge on any atom is 0.241 e. The topological polar surface area (TPSA) is 93.5 Å². The standard InChI is InChI=1S/C15H23N3O3.ClH/c1-5-9(2)14(16)15(20)18-11-6-7-13(21-4)12(8-11)17-10(3)19;/h6-9,14H,5,16H2,1-4H3,(H,17,19)(H,18,20);1H. The molecule has 0 aliphatic rings. The third-order valence-electron chi connectivity index (χ3n) is 3.34. The highest BCUT2D eigenvalue weighted by Gasteiger charge is 2.19. The predicted octanol–water partition coefficient (Wildman–Crippen LogP) is 2.39. The molecular weight excluding hydrogens is 306 g/mol. The van der Waals surface area contributed by atoms with E-state index < -0.39 is 6.04 Å². The van der Waals surface area contributed by atoms with Crippen LogP contribution in [-0.4, -0.2) is 25.0 Å². The Morgan fingerprint density at radius 2 is 1.95 bits per heavy atom. The van der Waals surface area contributed by atoms with Crippen molar-refractivity contribution in [1.82, 2.24) is 0 Å². The molecule has 124 valence electrons. The summed E-state index contributed by atoms with van der Waals surface area (Å²) in [7, 11) is 1.51. The Hall–Kier alpha value is -1.79. The van der Waals surface area contributed by atoms with Crippen LogP contribution in [0.4, 0.5) is 11.4 Å². The lowest BCUT2D eigenvalue weighted by molar-refractivity contribution is -0.118. The molecule has 0 heterocycles. The molecule has 1 rings (SSSR count). The number of nitrogens with two attached hydrogens (primary N) is 1. The summed E-state index contributed by atoms with van der Waals surface area (Å²) in [5.74, 6) is 0.156. The number of halogens is 1. The zero-order valence-corrected chi connectivity index (χ0v) is 14.1. The Morgan fingerprint density at radius 3 is 2.45 bits per heavy atom. The summed E-state index contributed by atoms with van der Waals surface area (Å²) in [5.41, 5.74) is 6.95. The van der Waals surface area contributed by atoms with Crippen molar-refractivity contribution >= 4 is 35.6 Å². The molecule has 2 amide bonds. The van der Waals surface area contributed by atoms with E-state index in [0.717, 1.165) is 6.42 Å². The minimum absolute atomic E-state index is 0. The molecule has 2 unspecified atom stereocenters. The molecule has 0 aliphatic carbocycles. The maximum atomic E-state index is 12.0. The zero-order valence-electron chi connectivity index (χ0n) is 13.3. The number of benzene rings is 1. The number of rotatable bonds is 6. The predicted molar refractivity (Wildman–Crippen MR) is 90.6 cm³/mol. The van der Waals surface area contributed by atoms with Gasteiger partial charge in [0.05, 0.1) is 18.8 Å².